The Morgan fingerprint density at radius 2 is 2.30 bits per heavy atom. The summed E-state index contributed by atoms with van der Waals surface area (Å²) < 4.78 is 9.91. The second-order valence-electron chi connectivity index (χ2n) is 4.12. The lowest BCUT2D eigenvalue weighted by molar-refractivity contribution is 0.0605. The lowest BCUT2D eigenvalue weighted by Crippen LogP contribution is -2.09. The van der Waals surface area contributed by atoms with E-state index >= 15 is 0 Å². The number of nitrogens with one attached hydrogen (secondary N) is 1. The molecule has 3 rings (SSSR count). The molecule has 20 heavy (non-hydrogen) atoms. The van der Waals surface area contributed by atoms with Crippen molar-refractivity contribution in [3.63, 3.8) is 0 Å². The van der Waals surface area contributed by atoms with Gasteiger partial charge in [-0.25, -0.2) is 9.78 Å². The zero-order valence-corrected chi connectivity index (χ0v) is 11.5. The first-order chi connectivity index (χ1) is 9.61. The Hall–Kier alpha value is -2.41. The van der Waals surface area contributed by atoms with E-state index in [2.05, 4.69) is 9.97 Å². The third-order valence-corrected chi connectivity index (χ3v) is 4.09. The summed E-state index contributed by atoms with van der Waals surface area (Å²) in [6.07, 6.45) is 1.50. The minimum absolute atomic E-state index is 0.301. The van der Waals surface area contributed by atoms with E-state index in [1.165, 1.54) is 13.4 Å². The van der Waals surface area contributed by atoms with E-state index in [-0.39, 0.29) is 5.56 Å². The van der Waals surface area contributed by atoms with Gasteiger partial charge >= 0.3 is 5.97 Å². The van der Waals surface area contributed by atoms with Crippen molar-refractivity contribution in [2.24, 2.45) is 0 Å². The Labute approximate surface area is 117 Å². The zero-order chi connectivity index (χ0) is 14.3. The molecule has 3 heterocycles. The van der Waals surface area contributed by atoms with E-state index in [1.54, 1.807) is 19.1 Å². The molecule has 0 aliphatic heterocycles. The van der Waals surface area contributed by atoms with Gasteiger partial charge in [0, 0.05) is 0 Å². The molecule has 0 atom stereocenters. The summed E-state index contributed by atoms with van der Waals surface area (Å²) in [5.41, 5.74) is 0.280. The van der Waals surface area contributed by atoms with E-state index < -0.39 is 5.97 Å². The quantitative estimate of drug-likeness (QED) is 0.732. The number of carbonyl (C=O) groups is 1. The molecule has 0 fully saturated rings. The Balaban J connectivity index is 2.28. The standard InChI is InChI=1S/C13H10N2O4S/c1-6-8-11(16)14-10(7-4-3-5-19-7)15-12(8)20-9(6)13(17)18-2/h3-5H,1-2H3,(H,14,15,16). The maximum absolute atomic E-state index is 12.2. The number of carbonyl (C=O) groups excluding carboxylic acids is 1. The number of aromatic nitrogens is 2. The molecule has 102 valence electrons. The molecule has 0 spiro atoms. The van der Waals surface area contributed by atoms with Gasteiger partial charge in [-0.2, -0.15) is 0 Å². The lowest BCUT2D eigenvalue weighted by atomic mass is 10.2. The van der Waals surface area contributed by atoms with Gasteiger partial charge in [0.2, 0.25) is 0 Å². The van der Waals surface area contributed by atoms with Gasteiger partial charge in [0.1, 0.15) is 9.71 Å². The molecule has 0 aromatic carbocycles. The van der Waals surface area contributed by atoms with Gasteiger partial charge in [-0.15, -0.1) is 11.3 Å². The summed E-state index contributed by atoms with van der Waals surface area (Å²) in [5.74, 6) is 0.337. The highest BCUT2D eigenvalue weighted by molar-refractivity contribution is 7.20. The summed E-state index contributed by atoms with van der Waals surface area (Å²) in [6, 6.07) is 3.41. The Morgan fingerprint density at radius 3 is 2.95 bits per heavy atom. The number of ether oxygens (including phenoxy) is 1. The summed E-state index contributed by atoms with van der Waals surface area (Å²) in [5, 5.41) is 0.408. The van der Waals surface area contributed by atoms with Crippen molar-refractivity contribution in [1.82, 2.24) is 9.97 Å². The third kappa shape index (κ3) is 1.83. The van der Waals surface area contributed by atoms with Crippen LogP contribution < -0.4 is 5.56 Å². The monoisotopic (exact) mass is 290 g/mol. The molecule has 0 saturated heterocycles. The van der Waals surface area contributed by atoms with Crippen LogP contribution in [0.4, 0.5) is 0 Å². The number of furan rings is 1. The minimum atomic E-state index is -0.468. The molecular weight excluding hydrogens is 280 g/mol. The number of nitrogens with zero attached hydrogens (tertiary/aromatic N) is 1. The number of hydrogen-bond acceptors (Lipinski definition) is 6. The van der Waals surface area contributed by atoms with Crippen LogP contribution in [-0.4, -0.2) is 23.0 Å². The smallest absolute Gasteiger partial charge is 0.348 e. The van der Waals surface area contributed by atoms with Crippen LogP contribution in [0, 0.1) is 6.92 Å². The molecule has 0 unspecified atom stereocenters. The van der Waals surface area contributed by atoms with Crippen molar-refractivity contribution in [2.75, 3.05) is 7.11 Å². The summed E-state index contributed by atoms with van der Waals surface area (Å²) >= 11 is 1.13. The van der Waals surface area contributed by atoms with Gasteiger partial charge in [0.15, 0.2) is 11.6 Å². The fourth-order valence-corrected chi connectivity index (χ4v) is 3.06. The van der Waals surface area contributed by atoms with Crippen LogP contribution in [0.5, 0.6) is 0 Å². The van der Waals surface area contributed by atoms with E-state index in [1.807, 2.05) is 0 Å². The maximum Gasteiger partial charge on any atom is 0.348 e. The summed E-state index contributed by atoms with van der Waals surface area (Å²) in [7, 11) is 1.30. The maximum atomic E-state index is 12.2. The zero-order valence-electron chi connectivity index (χ0n) is 10.7. The highest BCUT2D eigenvalue weighted by Gasteiger charge is 2.20. The number of methoxy groups -OCH3 is 1. The highest BCUT2D eigenvalue weighted by Crippen LogP contribution is 2.28. The molecule has 0 radical (unpaired) electrons. The van der Waals surface area contributed by atoms with Crippen LogP contribution in [0.15, 0.2) is 27.6 Å². The Morgan fingerprint density at radius 1 is 1.50 bits per heavy atom. The van der Waals surface area contributed by atoms with E-state index in [0.717, 1.165) is 11.3 Å². The molecule has 0 aliphatic carbocycles. The lowest BCUT2D eigenvalue weighted by Gasteiger charge is -1.97. The first-order valence-electron chi connectivity index (χ1n) is 5.77. The van der Waals surface area contributed by atoms with Crippen LogP contribution in [0.2, 0.25) is 0 Å². The van der Waals surface area contributed by atoms with E-state index in [9.17, 15) is 9.59 Å². The molecule has 3 aromatic heterocycles. The predicted molar refractivity (Wildman–Crippen MR) is 74.0 cm³/mol. The number of aryl methyl sites for hydroxylation is 1. The van der Waals surface area contributed by atoms with Crippen molar-refractivity contribution in [3.8, 4) is 11.6 Å². The minimum Gasteiger partial charge on any atom is -0.465 e. The molecule has 6 nitrogen and oxygen atoms in total. The molecular formula is C13H10N2O4S. The SMILES string of the molecule is COC(=O)c1sc2nc(-c3ccco3)[nH]c(=O)c2c1C. The molecule has 0 saturated carbocycles. The third-order valence-electron chi connectivity index (χ3n) is 2.93. The van der Waals surface area contributed by atoms with Crippen LogP contribution in [0.3, 0.4) is 0 Å². The van der Waals surface area contributed by atoms with Crippen molar-refractivity contribution in [3.05, 3.63) is 39.2 Å². The first kappa shape index (κ1) is 12.6. The molecule has 0 aliphatic rings. The Bertz CT molecular complexity index is 845. The topological polar surface area (TPSA) is 85.2 Å². The molecule has 0 bridgehead atoms. The number of H-pyrrole nitrogens is 1. The van der Waals surface area contributed by atoms with E-state index in [4.69, 9.17) is 9.15 Å². The number of aromatic amines is 1. The van der Waals surface area contributed by atoms with Crippen molar-refractivity contribution in [2.45, 2.75) is 6.92 Å². The van der Waals surface area contributed by atoms with E-state index in [0.29, 0.717) is 32.2 Å². The average molecular weight is 290 g/mol. The van der Waals surface area contributed by atoms with Gasteiger partial charge in [-0.1, -0.05) is 0 Å². The highest BCUT2D eigenvalue weighted by atomic mass is 32.1. The first-order valence-corrected chi connectivity index (χ1v) is 6.59. The number of rotatable bonds is 2. The van der Waals surface area contributed by atoms with Gasteiger partial charge in [0.25, 0.3) is 5.56 Å². The van der Waals surface area contributed by atoms with Crippen LogP contribution in [0.25, 0.3) is 21.8 Å². The van der Waals surface area contributed by atoms with Crippen molar-refractivity contribution >= 4 is 27.5 Å². The van der Waals surface area contributed by atoms with Crippen molar-refractivity contribution < 1.29 is 13.9 Å². The van der Waals surface area contributed by atoms with Gasteiger partial charge in [-0.05, 0) is 24.6 Å². The number of hydrogen-bond donors (Lipinski definition) is 1. The van der Waals surface area contributed by atoms with Gasteiger partial charge in [-0.3, -0.25) is 4.79 Å². The molecule has 0 amide bonds. The fourth-order valence-electron chi connectivity index (χ4n) is 1.96. The summed E-state index contributed by atoms with van der Waals surface area (Å²) in [6.45, 7) is 1.70. The Kier molecular flexibility index (Phi) is 2.90. The van der Waals surface area contributed by atoms with Gasteiger partial charge in [0.05, 0.1) is 18.8 Å². The number of fused-ring (bicyclic) bond motifs is 1. The molecule has 1 N–H and O–H groups in total. The fraction of sp³-hybridized carbons (Fsp3) is 0.154. The van der Waals surface area contributed by atoms with Crippen LogP contribution in [0.1, 0.15) is 15.2 Å². The molecule has 3 aromatic rings. The summed E-state index contributed by atoms with van der Waals surface area (Å²) in [4.78, 5) is 31.7. The second kappa shape index (κ2) is 4.61. The van der Waals surface area contributed by atoms with Crippen molar-refractivity contribution in [1.29, 1.82) is 0 Å². The average Bonchev–Trinajstić information content (AvgIpc) is 3.06. The number of esters is 1. The normalized spacial score (nSPS) is 10.9. The van der Waals surface area contributed by atoms with Gasteiger partial charge < -0.3 is 14.1 Å². The largest absolute Gasteiger partial charge is 0.465 e. The van der Waals surface area contributed by atoms with Crippen LogP contribution >= 0.6 is 11.3 Å². The molecule has 7 heteroatoms. The second-order valence-corrected chi connectivity index (χ2v) is 5.12. The number of thiophene rings is 1. The van der Waals surface area contributed by atoms with Crippen LogP contribution in [-0.2, 0) is 4.74 Å². The predicted octanol–water partition coefficient (Wildman–Crippen LogP) is 2.34.